The van der Waals surface area contributed by atoms with Crippen molar-refractivity contribution in [2.75, 3.05) is 13.1 Å². The van der Waals surface area contributed by atoms with Crippen molar-refractivity contribution < 1.29 is 4.79 Å². The molecule has 1 unspecified atom stereocenters. The fourth-order valence-corrected chi connectivity index (χ4v) is 4.29. The molecule has 3 heterocycles. The molecule has 2 aromatic heterocycles. The van der Waals surface area contributed by atoms with Gasteiger partial charge in [0.1, 0.15) is 0 Å². The molecule has 27 heavy (non-hydrogen) atoms. The highest BCUT2D eigenvalue weighted by molar-refractivity contribution is 6.29. The summed E-state index contributed by atoms with van der Waals surface area (Å²) < 4.78 is 2.42. The monoisotopic (exact) mass is 382 g/mol. The quantitative estimate of drug-likeness (QED) is 0.660. The number of aromatic nitrogens is 3. The molecule has 0 radical (unpaired) electrons. The predicted octanol–water partition coefficient (Wildman–Crippen LogP) is 4.69. The Morgan fingerprint density at radius 1 is 1.26 bits per heavy atom. The molecule has 1 amide bonds. The highest BCUT2D eigenvalue weighted by atomic mass is 35.5. The maximum absolute atomic E-state index is 12.9. The molecule has 1 aliphatic heterocycles. The summed E-state index contributed by atoms with van der Waals surface area (Å²) in [5, 5.41) is 9.04. The summed E-state index contributed by atoms with van der Waals surface area (Å²) in [6.07, 6.45) is 3.56. The van der Waals surface area contributed by atoms with E-state index in [1.54, 1.807) is 6.07 Å². The van der Waals surface area contributed by atoms with Crippen LogP contribution in [0.15, 0.2) is 42.6 Å². The highest BCUT2D eigenvalue weighted by Crippen LogP contribution is 2.34. The minimum absolute atomic E-state index is 0.0243. The highest BCUT2D eigenvalue weighted by Gasteiger charge is 2.28. The van der Waals surface area contributed by atoms with E-state index in [0.717, 1.165) is 19.4 Å². The molecule has 1 fully saturated rings. The van der Waals surface area contributed by atoms with E-state index in [2.05, 4.69) is 58.9 Å². The number of para-hydroxylation sites is 1. The maximum atomic E-state index is 12.9. The van der Waals surface area contributed by atoms with Crippen LogP contribution in [0.2, 0.25) is 5.15 Å². The zero-order valence-electron chi connectivity index (χ0n) is 15.6. The lowest BCUT2D eigenvalue weighted by molar-refractivity contribution is 0.0704. The molecule has 1 aromatic carbocycles. The standard InChI is InChI=1S/C21H23ClN4O/c1-14(2)26-18-8-4-3-6-15(18)10-19(26)16-7-5-9-25(13-16)21(27)17-11-20(22)24-23-12-17/h3-4,6,8,10-12,14,16H,5,7,9,13H2,1-2H3. The van der Waals surface area contributed by atoms with E-state index in [9.17, 15) is 4.79 Å². The smallest absolute Gasteiger partial charge is 0.255 e. The van der Waals surface area contributed by atoms with Crippen LogP contribution in [0.4, 0.5) is 0 Å². The van der Waals surface area contributed by atoms with Crippen molar-refractivity contribution in [2.45, 2.75) is 38.6 Å². The van der Waals surface area contributed by atoms with Gasteiger partial charge in [-0.1, -0.05) is 29.8 Å². The molecule has 140 valence electrons. The second-order valence-electron chi connectivity index (χ2n) is 7.45. The predicted molar refractivity (Wildman–Crippen MR) is 107 cm³/mol. The first-order chi connectivity index (χ1) is 13.0. The van der Waals surface area contributed by atoms with Gasteiger partial charge in [-0.2, -0.15) is 5.10 Å². The minimum atomic E-state index is -0.0243. The van der Waals surface area contributed by atoms with Crippen molar-refractivity contribution >= 4 is 28.4 Å². The number of likely N-dealkylation sites (tertiary alicyclic amines) is 1. The first-order valence-corrected chi connectivity index (χ1v) is 9.79. The molecule has 6 heteroatoms. The van der Waals surface area contributed by atoms with Gasteiger partial charge in [0.25, 0.3) is 5.91 Å². The second kappa shape index (κ2) is 7.31. The summed E-state index contributed by atoms with van der Waals surface area (Å²) in [6, 6.07) is 12.7. The average molecular weight is 383 g/mol. The van der Waals surface area contributed by atoms with Crippen LogP contribution in [0.25, 0.3) is 10.9 Å². The number of carbonyl (C=O) groups is 1. The van der Waals surface area contributed by atoms with E-state index < -0.39 is 0 Å². The Morgan fingerprint density at radius 2 is 2.07 bits per heavy atom. The largest absolute Gasteiger partial charge is 0.342 e. The number of benzene rings is 1. The summed E-state index contributed by atoms with van der Waals surface area (Å²) in [5.74, 6) is 0.298. The van der Waals surface area contributed by atoms with Gasteiger partial charge >= 0.3 is 0 Å². The summed E-state index contributed by atoms with van der Waals surface area (Å²) in [4.78, 5) is 14.8. The molecular weight excluding hydrogens is 360 g/mol. The molecule has 1 aliphatic rings. The van der Waals surface area contributed by atoms with E-state index in [0.29, 0.717) is 24.1 Å². The van der Waals surface area contributed by atoms with Gasteiger partial charge in [0, 0.05) is 36.3 Å². The molecule has 5 nitrogen and oxygen atoms in total. The Labute approximate surface area is 164 Å². The average Bonchev–Trinajstić information content (AvgIpc) is 3.07. The third kappa shape index (κ3) is 3.44. The molecular formula is C21H23ClN4O. The van der Waals surface area contributed by atoms with Gasteiger partial charge in [-0.25, -0.2) is 0 Å². The maximum Gasteiger partial charge on any atom is 0.255 e. The van der Waals surface area contributed by atoms with Gasteiger partial charge in [0.15, 0.2) is 5.15 Å². The van der Waals surface area contributed by atoms with Crippen molar-refractivity contribution in [1.29, 1.82) is 0 Å². The lowest BCUT2D eigenvalue weighted by Crippen LogP contribution is -2.39. The van der Waals surface area contributed by atoms with Crippen LogP contribution in [0.5, 0.6) is 0 Å². The van der Waals surface area contributed by atoms with Gasteiger partial charge in [0.05, 0.1) is 11.8 Å². The normalized spacial score (nSPS) is 17.6. The fraction of sp³-hybridized carbons (Fsp3) is 0.381. The number of amides is 1. The molecule has 0 bridgehead atoms. The van der Waals surface area contributed by atoms with E-state index in [1.807, 2.05) is 4.90 Å². The van der Waals surface area contributed by atoms with Crippen LogP contribution < -0.4 is 0 Å². The van der Waals surface area contributed by atoms with E-state index >= 15 is 0 Å². The Balaban J connectivity index is 1.65. The topological polar surface area (TPSA) is 51.0 Å². The van der Waals surface area contributed by atoms with Crippen molar-refractivity contribution in [3.8, 4) is 0 Å². The number of carbonyl (C=O) groups excluding carboxylic acids is 1. The van der Waals surface area contributed by atoms with E-state index in [4.69, 9.17) is 11.6 Å². The summed E-state index contributed by atoms with van der Waals surface area (Å²) in [6.45, 7) is 5.90. The summed E-state index contributed by atoms with van der Waals surface area (Å²) >= 11 is 5.91. The number of fused-ring (bicyclic) bond motifs is 1. The molecule has 4 rings (SSSR count). The molecule has 0 saturated carbocycles. The first kappa shape index (κ1) is 18.0. The van der Waals surface area contributed by atoms with Crippen LogP contribution in [0.3, 0.4) is 0 Å². The number of hydrogen-bond acceptors (Lipinski definition) is 3. The SMILES string of the molecule is CC(C)n1c(C2CCCN(C(=O)c3cnnc(Cl)c3)C2)cc2ccccc21. The van der Waals surface area contributed by atoms with Crippen molar-refractivity contribution in [1.82, 2.24) is 19.7 Å². The second-order valence-corrected chi connectivity index (χ2v) is 7.84. The first-order valence-electron chi connectivity index (χ1n) is 9.42. The van der Waals surface area contributed by atoms with Gasteiger partial charge in [-0.15, -0.1) is 5.10 Å². The van der Waals surface area contributed by atoms with Crippen LogP contribution >= 0.6 is 11.6 Å². The molecule has 0 aliphatic carbocycles. The van der Waals surface area contributed by atoms with Crippen molar-refractivity contribution in [3.63, 3.8) is 0 Å². The molecule has 1 saturated heterocycles. The number of halogens is 1. The van der Waals surface area contributed by atoms with Gasteiger partial charge < -0.3 is 9.47 Å². The summed E-state index contributed by atoms with van der Waals surface area (Å²) in [5.41, 5.74) is 3.07. The Kier molecular flexibility index (Phi) is 4.87. The lowest BCUT2D eigenvalue weighted by atomic mass is 9.94. The molecule has 3 aromatic rings. The van der Waals surface area contributed by atoms with Gasteiger partial charge in [0.2, 0.25) is 0 Å². The van der Waals surface area contributed by atoms with E-state index in [-0.39, 0.29) is 11.1 Å². The van der Waals surface area contributed by atoms with Crippen LogP contribution in [-0.2, 0) is 0 Å². The minimum Gasteiger partial charge on any atom is -0.342 e. The fourth-order valence-electron chi connectivity index (χ4n) is 4.13. The molecule has 0 spiro atoms. The van der Waals surface area contributed by atoms with Gasteiger partial charge in [-0.3, -0.25) is 4.79 Å². The lowest BCUT2D eigenvalue weighted by Gasteiger charge is -2.34. The molecule has 0 N–H and O–H groups in total. The molecule has 1 atom stereocenters. The van der Waals surface area contributed by atoms with Crippen molar-refractivity contribution in [2.24, 2.45) is 0 Å². The van der Waals surface area contributed by atoms with Crippen LogP contribution in [-0.4, -0.2) is 38.7 Å². The number of nitrogens with zero attached hydrogens (tertiary/aromatic N) is 4. The zero-order chi connectivity index (χ0) is 19.0. The Morgan fingerprint density at radius 3 is 2.85 bits per heavy atom. The Hall–Kier alpha value is -2.40. The third-order valence-electron chi connectivity index (χ3n) is 5.29. The Bertz CT molecular complexity index is 981. The van der Waals surface area contributed by atoms with Crippen LogP contribution in [0.1, 0.15) is 54.7 Å². The van der Waals surface area contributed by atoms with Gasteiger partial charge in [-0.05, 0) is 50.3 Å². The van der Waals surface area contributed by atoms with Crippen molar-refractivity contribution in [3.05, 3.63) is 59.0 Å². The zero-order valence-corrected chi connectivity index (χ0v) is 16.4. The van der Waals surface area contributed by atoms with E-state index in [1.165, 1.54) is 22.8 Å². The number of hydrogen-bond donors (Lipinski definition) is 0. The summed E-state index contributed by atoms with van der Waals surface area (Å²) in [7, 11) is 0. The third-order valence-corrected chi connectivity index (χ3v) is 5.48. The number of piperidine rings is 1. The number of rotatable bonds is 3. The van der Waals surface area contributed by atoms with Crippen LogP contribution in [0, 0.1) is 0 Å².